The Morgan fingerprint density at radius 1 is 1.23 bits per heavy atom. The number of piperidine rings is 1. The van der Waals surface area contributed by atoms with Gasteiger partial charge in [0.1, 0.15) is 5.69 Å². The first-order valence-electron chi connectivity index (χ1n) is 10.2. The summed E-state index contributed by atoms with van der Waals surface area (Å²) in [4.78, 5) is 24.0. The van der Waals surface area contributed by atoms with E-state index in [0.29, 0.717) is 39.2 Å². The summed E-state index contributed by atoms with van der Waals surface area (Å²) in [5.41, 5.74) is 2.89. The van der Waals surface area contributed by atoms with Crippen molar-refractivity contribution in [3.8, 4) is 17.1 Å². The molecule has 1 saturated carbocycles. The zero-order chi connectivity index (χ0) is 20.5. The number of nitrogens with one attached hydrogen (secondary N) is 1. The maximum Gasteiger partial charge on any atom is 0.259 e. The molecule has 0 bridgehead atoms. The van der Waals surface area contributed by atoms with E-state index in [2.05, 4.69) is 15.4 Å². The molecule has 0 radical (unpaired) electrons. The minimum atomic E-state index is -0.0877. The van der Waals surface area contributed by atoms with Crippen molar-refractivity contribution in [1.82, 2.24) is 29.3 Å². The number of methoxy groups -OCH3 is 1. The van der Waals surface area contributed by atoms with Gasteiger partial charge in [-0.3, -0.25) is 9.20 Å². The zero-order valence-corrected chi connectivity index (χ0v) is 17.7. The Labute approximate surface area is 176 Å². The maximum absolute atomic E-state index is 12.9. The van der Waals surface area contributed by atoms with Crippen LogP contribution in [0.1, 0.15) is 42.2 Å². The molecule has 0 aromatic carbocycles. The van der Waals surface area contributed by atoms with Crippen molar-refractivity contribution in [2.24, 2.45) is 0 Å². The molecule has 8 nitrogen and oxygen atoms in total. The molecular weight excluding hydrogens is 400 g/mol. The minimum absolute atomic E-state index is 0.0877. The molecule has 1 aliphatic carbocycles. The average Bonchev–Trinajstić information content (AvgIpc) is 3.16. The normalized spacial score (nSPS) is 20.3. The average molecular weight is 423 g/mol. The van der Waals surface area contributed by atoms with Crippen molar-refractivity contribution >= 4 is 21.9 Å². The minimum Gasteiger partial charge on any atom is -0.493 e. The summed E-state index contributed by atoms with van der Waals surface area (Å²) >= 11 is 1.62. The van der Waals surface area contributed by atoms with Crippen LogP contribution in [0, 0.1) is 6.92 Å². The lowest BCUT2D eigenvalue weighted by Gasteiger charge is -2.29. The van der Waals surface area contributed by atoms with E-state index in [9.17, 15) is 4.79 Å². The summed E-state index contributed by atoms with van der Waals surface area (Å²) in [7, 11) is 1.60. The van der Waals surface area contributed by atoms with Gasteiger partial charge in [0.15, 0.2) is 16.4 Å². The van der Waals surface area contributed by atoms with Crippen LogP contribution in [0.4, 0.5) is 0 Å². The van der Waals surface area contributed by atoms with E-state index in [1.165, 1.54) is 17.7 Å². The second-order valence-corrected chi connectivity index (χ2v) is 9.45. The van der Waals surface area contributed by atoms with Crippen molar-refractivity contribution < 1.29 is 4.74 Å². The number of aromatic nitrogens is 5. The smallest absolute Gasteiger partial charge is 0.259 e. The lowest BCUT2D eigenvalue weighted by Crippen LogP contribution is -2.39. The Morgan fingerprint density at radius 2 is 2.10 bits per heavy atom. The van der Waals surface area contributed by atoms with Gasteiger partial charge in [-0.05, 0) is 45.1 Å². The molecule has 1 spiro atoms. The van der Waals surface area contributed by atoms with Gasteiger partial charge in [0.2, 0.25) is 0 Å². The topological polar surface area (TPSA) is 85.8 Å². The van der Waals surface area contributed by atoms with Gasteiger partial charge in [0, 0.05) is 28.7 Å². The fourth-order valence-corrected chi connectivity index (χ4v) is 5.63. The molecule has 2 aliphatic rings. The number of nitrogens with zero attached hydrogens (tertiary/aromatic N) is 5. The highest BCUT2D eigenvalue weighted by atomic mass is 32.1. The number of hydrogen-bond acceptors (Lipinski definition) is 7. The van der Waals surface area contributed by atoms with E-state index < -0.39 is 0 Å². The number of rotatable bonds is 3. The molecule has 154 valence electrons. The van der Waals surface area contributed by atoms with Crippen LogP contribution < -0.4 is 15.6 Å². The van der Waals surface area contributed by atoms with Gasteiger partial charge in [0.05, 0.1) is 24.7 Å². The van der Waals surface area contributed by atoms with E-state index in [1.807, 2.05) is 19.3 Å². The Balaban J connectivity index is 1.44. The Morgan fingerprint density at radius 3 is 2.90 bits per heavy atom. The third-order valence-corrected chi connectivity index (χ3v) is 7.41. The molecule has 6 rings (SSSR count). The van der Waals surface area contributed by atoms with Gasteiger partial charge in [-0.25, -0.2) is 14.5 Å². The van der Waals surface area contributed by atoms with E-state index >= 15 is 0 Å². The van der Waals surface area contributed by atoms with Crippen LogP contribution in [0.2, 0.25) is 0 Å². The number of fused-ring (bicyclic) bond motifs is 2. The van der Waals surface area contributed by atoms with Gasteiger partial charge < -0.3 is 10.1 Å². The van der Waals surface area contributed by atoms with E-state index in [0.717, 1.165) is 25.1 Å². The molecule has 1 aliphatic heterocycles. The van der Waals surface area contributed by atoms with Crippen LogP contribution in [0.25, 0.3) is 22.0 Å². The van der Waals surface area contributed by atoms with Crippen LogP contribution in [-0.4, -0.2) is 43.2 Å². The molecule has 1 saturated heterocycles. The standard InChI is InChI=1S/C21H22N6O2S/c1-12-10-27-19(23-12)16(29-2)7-15(25-27)14-8-18(28)26-11-17(30-20(26)24-14)13-3-6-22-21(9-13)4-5-21/h7-8,10-11,13,22H,3-6,9H2,1-2H3/t13-/m0/s1. The fourth-order valence-electron chi connectivity index (χ4n) is 4.51. The molecule has 30 heavy (non-hydrogen) atoms. The Bertz CT molecular complexity index is 1350. The molecule has 1 atom stereocenters. The van der Waals surface area contributed by atoms with Crippen molar-refractivity contribution in [2.45, 2.75) is 44.1 Å². The monoisotopic (exact) mass is 422 g/mol. The van der Waals surface area contributed by atoms with Crippen molar-refractivity contribution in [3.63, 3.8) is 0 Å². The Kier molecular flexibility index (Phi) is 3.82. The van der Waals surface area contributed by atoms with Crippen molar-refractivity contribution in [3.05, 3.63) is 45.5 Å². The second-order valence-electron chi connectivity index (χ2n) is 8.41. The van der Waals surface area contributed by atoms with Gasteiger partial charge >= 0.3 is 0 Å². The third kappa shape index (κ3) is 2.84. The van der Waals surface area contributed by atoms with Gasteiger partial charge in [-0.15, -0.1) is 11.3 Å². The quantitative estimate of drug-likeness (QED) is 0.546. The number of hydrogen-bond donors (Lipinski definition) is 1. The van der Waals surface area contributed by atoms with Gasteiger partial charge in [0.25, 0.3) is 5.56 Å². The fraction of sp³-hybridized carbons (Fsp3) is 0.429. The first-order valence-corrected chi connectivity index (χ1v) is 11.0. The van der Waals surface area contributed by atoms with Gasteiger partial charge in [-0.1, -0.05) is 0 Å². The van der Waals surface area contributed by atoms with Crippen LogP contribution in [0.5, 0.6) is 5.75 Å². The highest BCUT2D eigenvalue weighted by Gasteiger charge is 2.46. The van der Waals surface area contributed by atoms with Crippen LogP contribution in [-0.2, 0) is 0 Å². The van der Waals surface area contributed by atoms with Crippen LogP contribution >= 0.6 is 11.3 Å². The highest BCUT2D eigenvalue weighted by Crippen LogP contribution is 2.47. The lowest BCUT2D eigenvalue weighted by molar-refractivity contribution is 0.348. The van der Waals surface area contributed by atoms with Crippen molar-refractivity contribution in [2.75, 3.05) is 13.7 Å². The number of ether oxygens (including phenoxy) is 1. The summed E-state index contributed by atoms with van der Waals surface area (Å²) in [5, 5.41) is 8.27. The summed E-state index contributed by atoms with van der Waals surface area (Å²) < 4.78 is 8.84. The molecule has 5 heterocycles. The zero-order valence-electron chi connectivity index (χ0n) is 16.9. The predicted octanol–water partition coefficient (Wildman–Crippen LogP) is 2.78. The van der Waals surface area contributed by atoms with Crippen molar-refractivity contribution in [1.29, 1.82) is 0 Å². The molecule has 9 heteroatoms. The first kappa shape index (κ1) is 18.0. The molecule has 0 amide bonds. The summed E-state index contributed by atoms with van der Waals surface area (Å²) in [6.07, 6.45) is 8.60. The molecule has 1 N–H and O–H groups in total. The first-order chi connectivity index (χ1) is 14.5. The highest BCUT2D eigenvalue weighted by molar-refractivity contribution is 7.17. The summed E-state index contributed by atoms with van der Waals surface area (Å²) in [5.74, 6) is 1.10. The van der Waals surface area contributed by atoms with Crippen LogP contribution in [0.3, 0.4) is 0 Å². The van der Waals surface area contributed by atoms with Crippen LogP contribution in [0.15, 0.2) is 29.3 Å². The molecule has 0 unspecified atom stereocenters. The molecular formula is C21H22N6O2S. The SMILES string of the molecule is COc1cc(-c2cc(=O)n3cc([C@H]4CCNC5(CC5)C4)sc3n2)nn2cc(C)nc12. The number of imidazole rings is 1. The number of aryl methyl sites for hydroxylation is 1. The third-order valence-electron chi connectivity index (χ3n) is 6.27. The predicted molar refractivity (Wildman–Crippen MR) is 115 cm³/mol. The second kappa shape index (κ2) is 6.36. The number of thiazole rings is 1. The molecule has 4 aromatic heterocycles. The molecule has 2 fully saturated rings. The van der Waals surface area contributed by atoms with E-state index in [-0.39, 0.29) is 5.56 Å². The lowest BCUT2D eigenvalue weighted by atomic mass is 9.90. The van der Waals surface area contributed by atoms with E-state index in [4.69, 9.17) is 9.72 Å². The molecule has 4 aromatic rings. The van der Waals surface area contributed by atoms with E-state index in [1.54, 1.807) is 39.5 Å². The maximum atomic E-state index is 12.9. The largest absolute Gasteiger partial charge is 0.493 e. The Hall–Kier alpha value is -2.78. The summed E-state index contributed by atoms with van der Waals surface area (Å²) in [6.45, 7) is 2.95. The van der Waals surface area contributed by atoms with Gasteiger partial charge in [-0.2, -0.15) is 5.10 Å². The summed E-state index contributed by atoms with van der Waals surface area (Å²) in [6, 6.07) is 3.34.